The van der Waals surface area contributed by atoms with Crippen molar-refractivity contribution in [1.29, 1.82) is 0 Å². The van der Waals surface area contributed by atoms with Crippen molar-refractivity contribution in [3.63, 3.8) is 0 Å². The number of hydrogen-bond donors (Lipinski definition) is 0. The fourth-order valence-corrected chi connectivity index (χ4v) is 3.80. The second-order valence-corrected chi connectivity index (χ2v) is 7.70. The highest BCUT2D eigenvalue weighted by molar-refractivity contribution is 7.53. The number of carbonyl (C=O) groups excluding carboxylic acids is 1. The van der Waals surface area contributed by atoms with E-state index in [0.29, 0.717) is 0 Å². The van der Waals surface area contributed by atoms with E-state index in [1.165, 1.54) is 18.2 Å². The molecule has 27 heavy (non-hydrogen) atoms. The summed E-state index contributed by atoms with van der Waals surface area (Å²) < 4.78 is 107. The molecule has 0 aliphatic carbocycles. The van der Waals surface area contributed by atoms with E-state index in [1.54, 1.807) is 0 Å². The lowest BCUT2D eigenvalue weighted by molar-refractivity contribution is -0.400. The molecule has 152 valence electrons. The maximum absolute atomic E-state index is 13.6. The molecule has 0 aromatic heterocycles. The molecule has 0 amide bonds. The van der Waals surface area contributed by atoms with E-state index in [2.05, 4.69) is 13.8 Å². The van der Waals surface area contributed by atoms with Crippen LogP contribution in [0.3, 0.4) is 0 Å². The number of esters is 1. The molecule has 13 heteroatoms. The van der Waals surface area contributed by atoms with Gasteiger partial charge in [0.05, 0.1) is 0 Å². The fourth-order valence-electron chi connectivity index (χ4n) is 2.68. The molecule has 1 aliphatic rings. The van der Waals surface area contributed by atoms with Gasteiger partial charge in [-0.3, -0.25) is 4.57 Å². The number of rotatable bonds is 5. The van der Waals surface area contributed by atoms with Crippen molar-refractivity contribution < 1.29 is 49.5 Å². The standard InChI is InChI=1S/C14H14F6NO5P/c1-24-27(23,25-2)8-21-10(9-6-4-3-5-7-9)11(22)26-12(21,13(15,16)17)14(18,19)20/h3-7,10H,8H2,1-2H3. The fraction of sp³-hybridized carbons (Fsp3) is 0.500. The summed E-state index contributed by atoms with van der Waals surface area (Å²) >= 11 is 0. The predicted octanol–water partition coefficient (Wildman–Crippen LogP) is 3.85. The van der Waals surface area contributed by atoms with Crippen molar-refractivity contribution in [3.05, 3.63) is 35.9 Å². The number of halogens is 6. The van der Waals surface area contributed by atoms with Gasteiger partial charge in [0.25, 0.3) is 0 Å². The van der Waals surface area contributed by atoms with E-state index >= 15 is 0 Å². The zero-order valence-corrected chi connectivity index (χ0v) is 14.8. The Balaban J connectivity index is 2.73. The third-order valence-electron chi connectivity index (χ3n) is 3.95. The van der Waals surface area contributed by atoms with Gasteiger partial charge in [0.2, 0.25) is 0 Å². The van der Waals surface area contributed by atoms with Gasteiger partial charge in [-0.05, 0) is 5.56 Å². The number of alkyl halides is 6. The molecular formula is C14H14F6NO5P. The lowest BCUT2D eigenvalue weighted by Gasteiger charge is -2.39. The summed E-state index contributed by atoms with van der Waals surface area (Å²) in [6, 6.07) is 4.23. The van der Waals surface area contributed by atoms with Crippen LogP contribution in [-0.2, 0) is 23.1 Å². The molecule has 1 aromatic carbocycles. The topological polar surface area (TPSA) is 65.1 Å². The molecule has 1 aromatic rings. The second kappa shape index (κ2) is 7.08. The third-order valence-corrected chi connectivity index (χ3v) is 5.72. The van der Waals surface area contributed by atoms with Crippen LogP contribution < -0.4 is 0 Å². The van der Waals surface area contributed by atoms with Gasteiger partial charge in [-0.25, -0.2) is 9.69 Å². The summed E-state index contributed by atoms with van der Waals surface area (Å²) in [5.41, 5.74) is -5.22. The Morgan fingerprint density at radius 3 is 1.96 bits per heavy atom. The molecule has 1 fully saturated rings. The molecule has 1 unspecified atom stereocenters. The van der Waals surface area contributed by atoms with Crippen LogP contribution in [0.2, 0.25) is 0 Å². The predicted molar refractivity (Wildman–Crippen MR) is 78.4 cm³/mol. The Hall–Kier alpha value is -1.62. The van der Waals surface area contributed by atoms with Crippen molar-refractivity contribution in [3.8, 4) is 0 Å². The van der Waals surface area contributed by atoms with E-state index in [0.717, 1.165) is 26.4 Å². The summed E-state index contributed by atoms with van der Waals surface area (Å²) in [6.07, 6.45) is -13.7. The zero-order chi connectivity index (χ0) is 20.7. The Morgan fingerprint density at radius 1 is 1.07 bits per heavy atom. The summed E-state index contributed by atoms with van der Waals surface area (Å²) in [4.78, 5) is 11.7. The maximum atomic E-state index is 13.6. The van der Waals surface area contributed by atoms with Crippen molar-refractivity contribution in [2.45, 2.75) is 24.1 Å². The Labute approximate surface area is 149 Å². The summed E-state index contributed by atoms with van der Waals surface area (Å²) in [6.45, 7) is 0. The van der Waals surface area contributed by atoms with E-state index in [-0.39, 0.29) is 10.5 Å². The lowest BCUT2D eigenvalue weighted by Crippen LogP contribution is -2.66. The van der Waals surface area contributed by atoms with E-state index in [9.17, 15) is 35.7 Å². The van der Waals surface area contributed by atoms with Gasteiger partial charge in [0, 0.05) is 14.2 Å². The largest absolute Gasteiger partial charge is 0.453 e. The average molecular weight is 421 g/mol. The Bertz CT molecular complexity index is 716. The number of hydrogen-bond acceptors (Lipinski definition) is 6. The van der Waals surface area contributed by atoms with Crippen LogP contribution in [0.4, 0.5) is 26.3 Å². The molecule has 0 radical (unpaired) electrons. The van der Waals surface area contributed by atoms with E-state index < -0.39 is 44.0 Å². The molecule has 1 atom stereocenters. The van der Waals surface area contributed by atoms with Crippen molar-refractivity contribution in [1.82, 2.24) is 4.90 Å². The SMILES string of the molecule is COP(=O)(CN1C(c2ccccc2)C(=O)OC1(C(F)(F)F)C(F)(F)F)OC. The second-order valence-electron chi connectivity index (χ2n) is 5.46. The van der Waals surface area contributed by atoms with Crippen molar-refractivity contribution >= 4 is 13.6 Å². The molecule has 1 aliphatic heterocycles. The highest BCUT2D eigenvalue weighted by atomic mass is 31.2. The Kier molecular flexibility index (Phi) is 5.69. The minimum Gasteiger partial charge on any atom is -0.423 e. The first-order valence-corrected chi connectivity index (χ1v) is 8.94. The normalized spacial score (nSPS) is 21.3. The van der Waals surface area contributed by atoms with Crippen molar-refractivity contribution in [2.24, 2.45) is 0 Å². The van der Waals surface area contributed by atoms with Crippen LogP contribution in [-0.4, -0.2) is 49.5 Å². The molecule has 0 saturated carbocycles. The molecule has 1 heterocycles. The highest BCUT2D eigenvalue weighted by Gasteiger charge is 2.82. The molecule has 0 bridgehead atoms. The molecule has 1 saturated heterocycles. The summed E-state index contributed by atoms with van der Waals surface area (Å²) in [5, 5.41) is 0. The van der Waals surface area contributed by atoms with Crippen LogP contribution in [0, 0.1) is 0 Å². The summed E-state index contributed by atoms with van der Waals surface area (Å²) in [5.74, 6) is -1.80. The van der Waals surface area contributed by atoms with Gasteiger partial charge >= 0.3 is 31.6 Å². The monoisotopic (exact) mass is 421 g/mol. The lowest BCUT2D eigenvalue weighted by atomic mass is 10.0. The minimum atomic E-state index is -6.09. The van der Waals surface area contributed by atoms with Crippen LogP contribution in [0.15, 0.2) is 30.3 Å². The van der Waals surface area contributed by atoms with Crippen LogP contribution >= 0.6 is 7.60 Å². The van der Waals surface area contributed by atoms with Crippen LogP contribution in [0.5, 0.6) is 0 Å². The van der Waals surface area contributed by atoms with E-state index in [1.807, 2.05) is 0 Å². The molecule has 0 spiro atoms. The van der Waals surface area contributed by atoms with Crippen molar-refractivity contribution in [2.75, 3.05) is 20.5 Å². The number of benzene rings is 1. The average Bonchev–Trinajstić information content (AvgIpc) is 2.88. The van der Waals surface area contributed by atoms with E-state index in [4.69, 9.17) is 0 Å². The van der Waals surface area contributed by atoms with Crippen LogP contribution in [0.25, 0.3) is 0 Å². The first-order valence-electron chi connectivity index (χ1n) is 7.21. The summed E-state index contributed by atoms with van der Waals surface area (Å²) in [7, 11) is -2.85. The number of cyclic esters (lactones) is 1. The minimum absolute atomic E-state index is 0.211. The zero-order valence-electron chi connectivity index (χ0n) is 13.9. The van der Waals surface area contributed by atoms with Gasteiger partial charge in [-0.2, -0.15) is 26.3 Å². The van der Waals surface area contributed by atoms with Crippen LogP contribution in [0.1, 0.15) is 11.6 Å². The number of carbonyl (C=O) groups is 1. The highest BCUT2D eigenvalue weighted by Crippen LogP contribution is 2.59. The third kappa shape index (κ3) is 3.58. The first kappa shape index (κ1) is 21.7. The van der Waals surface area contributed by atoms with Gasteiger partial charge < -0.3 is 13.8 Å². The molecule has 6 nitrogen and oxygen atoms in total. The first-order chi connectivity index (χ1) is 12.3. The Morgan fingerprint density at radius 2 is 1.56 bits per heavy atom. The van der Waals surface area contributed by atoms with Gasteiger partial charge in [-0.1, -0.05) is 30.3 Å². The quantitative estimate of drug-likeness (QED) is 0.409. The van der Waals surface area contributed by atoms with Gasteiger partial charge in [0.1, 0.15) is 12.3 Å². The number of nitrogens with zero attached hydrogens (tertiary/aromatic N) is 1. The van der Waals surface area contributed by atoms with Gasteiger partial charge in [0.15, 0.2) is 0 Å². The molecular weight excluding hydrogens is 407 g/mol. The smallest absolute Gasteiger partial charge is 0.423 e. The van der Waals surface area contributed by atoms with Gasteiger partial charge in [-0.15, -0.1) is 0 Å². The maximum Gasteiger partial charge on any atom is 0.453 e. The number of ether oxygens (including phenoxy) is 1. The molecule has 0 N–H and O–H groups in total. The molecule has 2 rings (SSSR count).